The smallest absolute Gasteiger partial charge is 0.207 e. The van der Waals surface area contributed by atoms with E-state index in [0.29, 0.717) is 33.1 Å². The minimum atomic E-state index is 0.174. The molecule has 0 aliphatic heterocycles. The van der Waals surface area contributed by atoms with Crippen LogP contribution in [0.3, 0.4) is 0 Å². The van der Waals surface area contributed by atoms with E-state index in [1.807, 2.05) is 0 Å². The molecule has 0 bridgehead atoms. The Hall–Kier alpha value is -3.22. The van der Waals surface area contributed by atoms with E-state index in [4.69, 9.17) is 48.9 Å². The van der Waals surface area contributed by atoms with Gasteiger partial charge in [0.2, 0.25) is 10.2 Å². The van der Waals surface area contributed by atoms with E-state index >= 15 is 0 Å². The first-order chi connectivity index (χ1) is 16.1. The van der Waals surface area contributed by atoms with Gasteiger partial charge in [-0.2, -0.15) is 30.6 Å². The van der Waals surface area contributed by atoms with E-state index in [0.717, 1.165) is 0 Å². The number of nitrogens with one attached hydrogen (secondary N) is 8. The summed E-state index contributed by atoms with van der Waals surface area (Å²) in [7, 11) is 3.38. The molecule has 0 spiro atoms. The largest absolute Gasteiger partial charge is 0.364 e. The molecule has 0 heterocycles. The molecule has 0 radical (unpaired) electrons. The minimum Gasteiger partial charge on any atom is -0.364 e. The minimum absolute atomic E-state index is 0.174. The first-order valence-corrected chi connectivity index (χ1v) is 11.0. The molecular formula is C16H28N14S4. The summed E-state index contributed by atoms with van der Waals surface area (Å²) < 4.78 is 0. The SMILES string of the molecule is CNC(=S)NN=C(C)C(C)=NNC(=S)N/N=C/C=N/NC(=S)NN=C(C)C(C)=NNC(=S)NC. The summed E-state index contributed by atoms with van der Waals surface area (Å²) in [4.78, 5) is 0. The van der Waals surface area contributed by atoms with E-state index in [1.54, 1.807) is 41.8 Å². The summed E-state index contributed by atoms with van der Waals surface area (Å²) in [6.07, 6.45) is 2.72. The van der Waals surface area contributed by atoms with Gasteiger partial charge in [0.1, 0.15) is 0 Å². The number of rotatable bonds is 9. The second kappa shape index (κ2) is 18.2. The Morgan fingerprint density at radius 1 is 0.471 bits per heavy atom. The molecule has 186 valence electrons. The van der Waals surface area contributed by atoms with Crippen molar-refractivity contribution in [3.05, 3.63) is 0 Å². The van der Waals surface area contributed by atoms with Gasteiger partial charge in [0.25, 0.3) is 0 Å². The van der Waals surface area contributed by atoms with E-state index < -0.39 is 0 Å². The molecule has 8 N–H and O–H groups in total. The Bertz CT molecular complexity index is 845. The van der Waals surface area contributed by atoms with Gasteiger partial charge in [-0.25, -0.2) is 0 Å². The lowest BCUT2D eigenvalue weighted by Crippen LogP contribution is -2.32. The van der Waals surface area contributed by atoms with Crippen LogP contribution in [-0.2, 0) is 0 Å². The molecule has 0 saturated carbocycles. The third-order valence-electron chi connectivity index (χ3n) is 3.35. The third-order valence-corrected chi connectivity index (χ3v) is 4.31. The van der Waals surface area contributed by atoms with Gasteiger partial charge in [0, 0.05) is 14.1 Å². The fourth-order valence-corrected chi connectivity index (χ4v) is 1.57. The molecule has 34 heavy (non-hydrogen) atoms. The molecule has 0 aromatic carbocycles. The van der Waals surface area contributed by atoms with Gasteiger partial charge in [-0.05, 0) is 76.6 Å². The molecule has 0 saturated heterocycles. The second-order valence-corrected chi connectivity index (χ2v) is 7.47. The maximum Gasteiger partial charge on any atom is 0.207 e. The topological polar surface area (TPSA) is 170 Å². The van der Waals surface area contributed by atoms with Crippen LogP contribution in [0.5, 0.6) is 0 Å². The van der Waals surface area contributed by atoms with Crippen molar-refractivity contribution in [2.45, 2.75) is 27.7 Å². The monoisotopic (exact) mass is 544 g/mol. The zero-order valence-corrected chi connectivity index (χ0v) is 22.7. The van der Waals surface area contributed by atoms with Crippen LogP contribution in [0.25, 0.3) is 0 Å². The van der Waals surface area contributed by atoms with Crippen molar-refractivity contribution in [2.24, 2.45) is 30.6 Å². The first-order valence-electron chi connectivity index (χ1n) is 9.40. The number of hydrogen-bond acceptors (Lipinski definition) is 10. The quantitative estimate of drug-likeness (QED) is 0.107. The standard InChI is InChI=1S/C16H28N14S4/c1-9(21-27-13(31)17-5)11(3)23-29-15(33)25-19-7-8-20-26-16(34)30-24-12(4)10(2)22-28-14(32)18-6/h7-8H,1-6H3,(H2,17,27,31)(H2,18,28,32)(H2,25,29,33)(H2,26,30,34)/b19-7+,20-8+,21-9?,22-10?,23-11?,24-12?. The third kappa shape index (κ3) is 15.6. The molecule has 0 amide bonds. The Morgan fingerprint density at radius 2 is 0.735 bits per heavy atom. The highest BCUT2D eigenvalue weighted by Gasteiger charge is 2.00. The molecule has 0 aliphatic carbocycles. The number of thiocarbonyl (C=S) groups is 4. The average Bonchev–Trinajstić information content (AvgIpc) is 2.83. The lowest BCUT2D eigenvalue weighted by molar-refractivity contribution is 0.926. The van der Waals surface area contributed by atoms with E-state index in [9.17, 15) is 0 Å². The van der Waals surface area contributed by atoms with Crippen LogP contribution in [0.1, 0.15) is 27.7 Å². The van der Waals surface area contributed by atoms with E-state index in [-0.39, 0.29) is 10.2 Å². The molecule has 0 fully saturated rings. The molecule has 0 aromatic heterocycles. The Morgan fingerprint density at radius 3 is 1.00 bits per heavy atom. The molecular weight excluding hydrogens is 517 g/mol. The van der Waals surface area contributed by atoms with Crippen molar-refractivity contribution >= 4 is 105 Å². The predicted molar refractivity (Wildman–Crippen MR) is 157 cm³/mol. The first kappa shape index (κ1) is 30.8. The number of nitrogens with zero attached hydrogens (tertiary/aromatic N) is 6. The Kier molecular flexibility index (Phi) is 16.5. The van der Waals surface area contributed by atoms with Gasteiger partial charge in [-0.15, -0.1) is 0 Å². The van der Waals surface area contributed by atoms with Crippen LogP contribution in [0, 0.1) is 0 Å². The fraction of sp³-hybridized carbons (Fsp3) is 0.375. The van der Waals surface area contributed by atoms with Crippen LogP contribution in [-0.4, -0.2) is 69.8 Å². The summed E-state index contributed by atoms with van der Waals surface area (Å²) in [5.74, 6) is 0. The maximum atomic E-state index is 5.06. The van der Waals surface area contributed by atoms with E-state index in [1.165, 1.54) is 12.4 Å². The number of hydrazone groups is 6. The molecule has 0 aliphatic rings. The predicted octanol–water partition coefficient (Wildman–Crippen LogP) is -0.422. The molecule has 0 atom stereocenters. The highest BCUT2D eigenvalue weighted by Crippen LogP contribution is 1.84. The summed E-state index contributed by atoms with van der Waals surface area (Å²) in [6, 6.07) is 0. The van der Waals surface area contributed by atoms with Crippen molar-refractivity contribution in [1.82, 2.24) is 43.2 Å². The average molecular weight is 545 g/mol. The van der Waals surface area contributed by atoms with Crippen LogP contribution >= 0.6 is 48.9 Å². The van der Waals surface area contributed by atoms with Crippen LogP contribution in [0.15, 0.2) is 30.6 Å². The second-order valence-electron chi connectivity index (χ2n) is 5.83. The normalized spacial score (nSPS) is 12.8. The molecule has 0 unspecified atom stereocenters. The van der Waals surface area contributed by atoms with Gasteiger partial charge >= 0.3 is 0 Å². The molecule has 0 rings (SSSR count). The van der Waals surface area contributed by atoms with Gasteiger partial charge in [-0.3, -0.25) is 32.6 Å². The van der Waals surface area contributed by atoms with Crippen LogP contribution < -0.4 is 43.2 Å². The molecule has 0 aromatic rings. The van der Waals surface area contributed by atoms with Crippen molar-refractivity contribution < 1.29 is 0 Å². The van der Waals surface area contributed by atoms with E-state index in [2.05, 4.69) is 73.8 Å². The summed E-state index contributed by atoms with van der Waals surface area (Å²) in [5, 5.41) is 30.7. The molecule has 18 heteroatoms. The van der Waals surface area contributed by atoms with Gasteiger partial charge in [-0.1, -0.05) is 0 Å². The van der Waals surface area contributed by atoms with Crippen LogP contribution in [0.4, 0.5) is 0 Å². The van der Waals surface area contributed by atoms with Gasteiger partial charge in [0.05, 0.1) is 35.3 Å². The zero-order valence-electron chi connectivity index (χ0n) is 19.5. The lowest BCUT2D eigenvalue weighted by Gasteiger charge is -2.05. The fourth-order valence-electron chi connectivity index (χ4n) is 1.28. The van der Waals surface area contributed by atoms with Crippen molar-refractivity contribution in [2.75, 3.05) is 14.1 Å². The highest BCUT2D eigenvalue weighted by molar-refractivity contribution is 7.80. The van der Waals surface area contributed by atoms with Gasteiger partial charge < -0.3 is 10.6 Å². The number of hydrogen-bond donors (Lipinski definition) is 8. The highest BCUT2D eigenvalue weighted by atomic mass is 32.1. The van der Waals surface area contributed by atoms with Crippen molar-refractivity contribution in [3.8, 4) is 0 Å². The Balaban J connectivity index is 4.38. The summed E-state index contributed by atoms with van der Waals surface area (Å²) >= 11 is 20.0. The van der Waals surface area contributed by atoms with Crippen molar-refractivity contribution in [1.29, 1.82) is 0 Å². The maximum absolute atomic E-state index is 5.06. The summed E-state index contributed by atoms with van der Waals surface area (Å²) in [5.41, 5.74) is 18.2. The van der Waals surface area contributed by atoms with Crippen molar-refractivity contribution in [3.63, 3.8) is 0 Å². The Labute approximate surface area is 219 Å². The van der Waals surface area contributed by atoms with Crippen LogP contribution in [0.2, 0.25) is 0 Å². The lowest BCUT2D eigenvalue weighted by atomic mass is 10.3. The van der Waals surface area contributed by atoms with Gasteiger partial charge in [0.15, 0.2) is 10.2 Å². The zero-order chi connectivity index (χ0) is 25.9. The summed E-state index contributed by atoms with van der Waals surface area (Å²) in [6.45, 7) is 7.05. The molecule has 14 nitrogen and oxygen atoms in total.